The van der Waals surface area contributed by atoms with E-state index in [1.807, 2.05) is 17.8 Å². The van der Waals surface area contributed by atoms with Crippen molar-refractivity contribution in [2.45, 2.75) is 115 Å². The first-order valence-electron chi connectivity index (χ1n) is 17.8. The summed E-state index contributed by atoms with van der Waals surface area (Å²) in [6, 6.07) is 44.0. The summed E-state index contributed by atoms with van der Waals surface area (Å²) in [5.41, 5.74) is 11.9. The van der Waals surface area contributed by atoms with Gasteiger partial charge in [0.1, 0.15) is 0 Å². The third-order valence-electron chi connectivity index (χ3n) is 9.03. The summed E-state index contributed by atoms with van der Waals surface area (Å²) in [6.45, 7) is 15.8. The van der Waals surface area contributed by atoms with Gasteiger partial charge in [-0.25, -0.2) is 0 Å². The molecule has 0 fully saturated rings. The fourth-order valence-electron chi connectivity index (χ4n) is 6.13. The zero-order valence-electron chi connectivity index (χ0n) is 29.9. The van der Waals surface area contributed by atoms with Crippen molar-refractivity contribution in [3.63, 3.8) is 0 Å². The molecule has 47 heavy (non-hydrogen) atoms. The summed E-state index contributed by atoms with van der Waals surface area (Å²) in [7, 11) is 0. The maximum absolute atomic E-state index is 2.42. The van der Waals surface area contributed by atoms with Gasteiger partial charge in [-0.15, -0.1) is 0 Å². The summed E-state index contributed by atoms with van der Waals surface area (Å²) >= 11 is 1.81. The van der Waals surface area contributed by atoms with E-state index in [2.05, 4.69) is 164 Å². The van der Waals surface area contributed by atoms with Gasteiger partial charge < -0.3 is 0 Å². The molecule has 0 aromatic heterocycles. The Morgan fingerprint density at radius 2 is 1.09 bits per heavy atom. The Bertz CT molecular complexity index is 1610. The van der Waals surface area contributed by atoms with E-state index in [-0.39, 0.29) is 0 Å². The maximum Gasteiger partial charge on any atom is 0.0122 e. The van der Waals surface area contributed by atoms with Crippen LogP contribution in [0.3, 0.4) is 0 Å². The molecule has 0 amide bonds. The summed E-state index contributed by atoms with van der Waals surface area (Å²) in [5, 5.41) is 0. The van der Waals surface area contributed by atoms with E-state index in [4.69, 9.17) is 0 Å². The van der Waals surface area contributed by atoms with E-state index >= 15 is 0 Å². The Morgan fingerprint density at radius 3 is 1.68 bits per heavy atom. The Kier molecular flexibility index (Phi) is 14.4. The molecule has 246 valence electrons. The van der Waals surface area contributed by atoms with Gasteiger partial charge in [0.05, 0.1) is 0 Å². The Balaban J connectivity index is 0.000000162. The minimum atomic E-state index is 0.607. The molecule has 1 aliphatic carbocycles. The number of fused-ring (bicyclic) bond motifs is 1. The van der Waals surface area contributed by atoms with Crippen molar-refractivity contribution in [1.29, 1.82) is 0 Å². The predicted octanol–water partition coefficient (Wildman–Crippen LogP) is 13.6. The van der Waals surface area contributed by atoms with Crippen molar-refractivity contribution in [2.75, 3.05) is 0 Å². The van der Waals surface area contributed by atoms with Crippen molar-refractivity contribution in [3.05, 3.63) is 166 Å². The second-order valence-corrected chi connectivity index (χ2v) is 14.9. The highest BCUT2D eigenvalue weighted by atomic mass is 32.2. The molecule has 0 N–H and O–H groups in total. The fourth-order valence-corrected chi connectivity index (χ4v) is 6.97. The van der Waals surface area contributed by atoms with Gasteiger partial charge in [0.2, 0.25) is 0 Å². The minimum Gasteiger partial charge on any atom is -0.0901 e. The molecular weight excluding hydrogens is 585 g/mol. The number of hydrogen-bond acceptors (Lipinski definition) is 1. The molecular formula is C46H56S. The standard InChI is InChI=1S/C18H22.C15H16S.C13H18/c1-4-17-13-16(10-11-18(17)14(2)3)12-15-8-6-5-7-9-15;1-12(2)13-8-10-15(11-9-13)16-14-6-4-3-5-7-14;1-10(2)12-8-7-11-5-3-4-6-13(11)9-12/h5-11,13-14H,4,12H2,1-3H3;3-12H,1-2H3;7-10H,3-6H2,1-2H3. The minimum absolute atomic E-state index is 0.607. The number of hydrogen-bond donors (Lipinski definition) is 0. The van der Waals surface area contributed by atoms with Crippen LogP contribution in [0.15, 0.2) is 131 Å². The first-order chi connectivity index (χ1) is 22.7. The molecule has 0 heterocycles. The third-order valence-corrected chi connectivity index (χ3v) is 10.0. The summed E-state index contributed by atoms with van der Waals surface area (Å²) < 4.78 is 0. The first-order valence-corrected chi connectivity index (χ1v) is 18.6. The lowest BCUT2D eigenvalue weighted by Crippen LogP contribution is -2.03. The molecule has 6 rings (SSSR count). The van der Waals surface area contributed by atoms with Crippen LogP contribution in [0, 0.1) is 0 Å². The SMILES string of the molecule is CC(C)c1ccc(Sc2ccccc2)cc1.CC(C)c1ccc2c(c1)CCCC2.CCc1cc(Cc2ccccc2)ccc1C(C)C. The van der Waals surface area contributed by atoms with Gasteiger partial charge in [-0.1, -0.05) is 157 Å². The topological polar surface area (TPSA) is 0 Å². The lowest BCUT2D eigenvalue weighted by Gasteiger charge is -2.17. The Labute approximate surface area is 291 Å². The van der Waals surface area contributed by atoms with E-state index in [1.54, 1.807) is 11.1 Å². The molecule has 1 aliphatic rings. The molecule has 0 nitrogen and oxygen atoms in total. The maximum atomic E-state index is 2.42. The lowest BCUT2D eigenvalue weighted by molar-refractivity contribution is 0.682. The lowest BCUT2D eigenvalue weighted by atomic mass is 9.88. The van der Waals surface area contributed by atoms with Gasteiger partial charge in [-0.3, -0.25) is 0 Å². The van der Waals surface area contributed by atoms with E-state index in [0.29, 0.717) is 17.8 Å². The van der Waals surface area contributed by atoms with Gasteiger partial charge >= 0.3 is 0 Å². The summed E-state index contributed by atoms with van der Waals surface area (Å²) in [5.74, 6) is 1.90. The van der Waals surface area contributed by atoms with Crippen LogP contribution in [0.4, 0.5) is 0 Å². The average Bonchev–Trinajstić information content (AvgIpc) is 3.09. The molecule has 5 aromatic carbocycles. The Morgan fingerprint density at radius 1 is 0.511 bits per heavy atom. The monoisotopic (exact) mass is 640 g/mol. The van der Waals surface area contributed by atoms with Crippen LogP contribution in [-0.4, -0.2) is 0 Å². The number of benzene rings is 5. The molecule has 0 aliphatic heterocycles. The first kappa shape index (κ1) is 36.3. The zero-order valence-corrected chi connectivity index (χ0v) is 30.7. The molecule has 0 radical (unpaired) electrons. The normalized spacial score (nSPS) is 12.2. The third kappa shape index (κ3) is 11.6. The highest BCUT2D eigenvalue weighted by Gasteiger charge is 2.10. The highest BCUT2D eigenvalue weighted by molar-refractivity contribution is 7.99. The van der Waals surface area contributed by atoms with Gasteiger partial charge in [0.15, 0.2) is 0 Å². The molecule has 0 spiro atoms. The van der Waals surface area contributed by atoms with Crippen molar-refractivity contribution >= 4 is 11.8 Å². The van der Waals surface area contributed by atoms with Gasteiger partial charge in [0.25, 0.3) is 0 Å². The van der Waals surface area contributed by atoms with Crippen molar-refractivity contribution in [3.8, 4) is 0 Å². The molecule has 0 saturated heterocycles. The van der Waals surface area contributed by atoms with Crippen LogP contribution in [-0.2, 0) is 25.7 Å². The second-order valence-electron chi connectivity index (χ2n) is 13.7. The fraction of sp³-hybridized carbons (Fsp3) is 0.348. The number of aryl methyl sites for hydroxylation is 3. The van der Waals surface area contributed by atoms with Crippen LogP contribution in [0.25, 0.3) is 0 Å². The highest BCUT2D eigenvalue weighted by Crippen LogP contribution is 2.29. The van der Waals surface area contributed by atoms with E-state index < -0.39 is 0 Å². The molecule has 0 atom stereocenters. The Hall–Kier alpha value is -3.55. The van der Waals surface area contributed by atoms with E-state index in [9.17, 15) is 0 Å². The van der Waals surface area contributed by atoms with Crippen molar-refractivity contribution in [2.24, 2.45) is 0 Å². The van der Waals surface area contributed by atoms with E-state index in [1.165, 1.54) is 68.9 Å². The smallest absolute Gasteiger partial charge is 0.0122 e. The molecule has 1 heteroatoms. The van der Waals surface area contributed by atoms with Crippen molar-refractivity contribution in [1.82, 2.24) is 0 Å². The molecule has 0 saturated carbocycles. The summed E-state index contributed by atoms with van der Waals surface area (Å²) in [6.07, 6.45) is 7.52. The zero-order chi connectivity index (χ0) is 33.6. The van der Waals surface area contributed by atoms with Gasteiger partial charge in [-0.05, 0) is 125 Å². The average molecular weight is 641 g/mol. The van der Waals surface area contributed by atoms with Crippen molar-refractivity contribution < 1.29 is 0 Å². The quantitative estimate of drug-likeness (QED) is 0.163. The molecule has 0 bridgehead atoms. The van der Waals surface area contributed by atoms with Crippen LogP contribution < -0.4 is 0 Å². The molecule has 5 aromatic rings. The summed E-state index contributed by atoms with van der Waals surface area (Å²) in [4.78, 5) is 2.59. The van der Waals surface area contributed by atoms with E-state index in [0.717, 1.165) is 12.8 Å². The molecule has 0 unspecified atom stereocenters. The largest absolute Gasteiger partial charge is 0.0901 e. The second kappa shape index (κ2) is 18.7. The van der Waals surface area contributed by atoms with Crippen LogP contribution in [0.1, 0.15) is 124 Å². The van der Waals surface area contributed by atoms with Gasteiger partial charge in [-0.2, -0.15) is 0 Å². The number of rotatable bonds is 8. The van der Waals surface area contributed by atoms with Crippen LogP contribution >= 0.6 is 11.8 Å². The van der Waals surface area contributed by atoms with Gasteiger partial charge in [0, 0.05) is 9.79 Å². The van der Waals surface area contributed by atoms with Crippen LogP contribution in [0.2, 0.25) is 0 Å². The predicted molar refractivity (Wildman–Crippen MR) is 207 cm³/mol. The van der Waals surface area contributed by atoms with Crippen LogP contribution in [0.5, 0.6) is 0 Å².